The number of urea groups is 1. The van der Waals surface area contributed by atoms with Crippen LogP contribution in [0.3, 0.4) is 0 Å². The Hall–Kier alpha value is -6.68. The van der Waals surface area contributed by atoms with Crippen LogP contribution in [0.25, 0.3) is 33.7 Å². The number of nitrogens with zero attached hydrogens (tertiary/aromatic N) is 8. The topological polar surface area (TPSA) is 188 Å². The SMILES string of the molecule is Cc1cc(-c2ncnc3[nH]c(-c4cc5c(cn4)C4(CCN(CC6CCN(c7ccc(N8CCC(=O)NC8=O)cc7)CC6)CC4)CO5)cc23)ccc1[C@@H](C)NC(=O)c1nc(C(C)(C)C)no1. The molecule has 336 valence electrons. The van der Waals surface area contributed by atoms with Gasteiger partial charge in [-0.3, -0.25) is 24.8 Å². The summed E-state index contributed by atoms with van der Waals surface area (Å²) in [5.74, 6) is 1.36. The number of likely N-dealkylation sites (tertiary alicyclic amines) is 1. The summed E-state index contributed by atoms with van der Waals surface area (Å²) in [5.41, 5.74) is 8.91. The number of nitrogens with one attached hydrogen (secondary N) is 3. The average molecular weight is 878 g/mol. The predicted octanol–water partition coefficient (Wildman–Crippen LogP) is 7.26. The summed E-state index contributed by atoms with van der Waals surface area (Å²) in [6, 6.07) is 17.7. The van der Waals surface area contributed by atoms with E-state index in [1.165, 1.54) is 11.3 Å². The number of amides is 4. The maximum Gasteiger partial charge on any atom is 0.328 e. The minimum atomic E-state index is -0.415. The van der Waals surface area contributed by atoms with Gasteiger partial charge >= 0.3 is 17.8 Å². The summed E-state index contributed by atoms with van der Waals surface area (Å²) in [6.07, 6.45) is 8.30. The van der Waals surface area contributed by atoms with Crippen LogP contribution in [0.4, 0.5) is 16.2 Å². The van der Waals surface area contributed by atoms with Crippen molar-refractivity contribution in [3.05, 3.63) is 95.5 Å². The molecule has 4 aromatic heterocycles. The van der Waals surface area contributed by atoms with Crippen molar-refractivity contribution < 1.29 is 23.6 Å². The number of aryl methyl sites for hydroxylation is 1. The number of aromatic nitrogens is 6. The van der Waals surface area contributed by atoms with Gasteiger partial charge in [0, 0.05) is 83.6 Å². The van der Waals surface area contributed by atoms with Gasteiger partial charge in [0.2, 0.25) is 5.91 Å². The van der Waals surface area contributed by atoms with Gasteiger partial charge < -0.3 is 29.4 Å². The standard InChI is InChI=1S/C49H55N11O5/c1-29-22-32(6-11-35(29)30(2)53-44(62)45-56-46(57-65-45)48(3,4)5)42-36-23-39(54-43(36)52-28-51-42)38-24-40-37(25-50-38)49(27-64-40)15-20-58(21-16-49)26-31-12-17-59(18-13-31)33-7-9-34(10-8-33)60-19-14-41(61)55-47(60)63/h6-11,22-25,28,30-31H,12-21,26-27H2,1-5H3,(H,53,62)(H,51,52,54)(H,55,61,63)/t30-/m1/s1. The Kier molecular flexibility index (Phi) is 10.9. The molecule has 8 heterocycles. The Bertz CT molecular complexity index is 2780. The molecule has 10 rings (SSSR count). The van der Waals surface area contributed by atoms with Gasteiger partial charge in [0.05, 0.1) is 29.7 Å². The number of imide groups is 1. The van der Waals surface area contributed by atoms with E-state index in [1.807, 2.05) is 65.1 Å². The van der Waals surface area contributed by atoms with E-state index in [-0.39, 0.29) is 34.7 Å². The largest absolute Gasteiger partial charge is 0.492 e. The van der Waals surface area contributed by atoms with Gasteiger partial charge in [-0.2, -0.15) is 4.98 Å². The number of fused-ring (bicyclic) bond motifs is 3. The minimum Gasteiger partial charge on any atom is -0.492 e. The summed E-state index contributed by atoms with van der Waals surface area (Å²) in [6.45, 7) is 16.2. The first-order valence-electron chi connectivity index (χ1n) is 22.7. The van der Waals surface area contributed by atoms with Crippen LogP contribution in [-0.2, 0) is 15.6 Å². The van der Waals surface area contributed by atoms with E-state index in [2.05, 4.69) is 70.9 Å². The molecule has 4 aliphatic rings. The van der Waals surface area contributed by atoms with Crippen molar-refractivity contribution in [2.45, 2.75) is 83.6 Å². The van der Waals surface area contributed by atoms with Gasteiger partial charge in [-0.05, 0) is 106 Å². The van der Waals surface area contributed by atoms with E-state index in [0.717, 1.165) is 115 Å². The second-order valence-corrected chi connectivity index (χ2v) is 19.2. The third-order valence-electron chi connectivity index (χ3n) is 13.8. The highest BCUT2D eigenvalue weighted by molar-refractivity contribution is 6.05. The molecule has 0 bridgehead atoms. The number of piperidine rings is 2. The maximum absolute atomic E-state index is 13.0. The van der Waals surface area contributed by atoms with Gasteiger partial charge in [-0.1, -0.05) is 38.1 Å². The molecule has 1 atom stereocenters. The zero-order valence-electron chi connectivity index (χ0n) is 37.6. The van der Waals surface area contributed by atoms with Gasteiger partial charge in [-0.25, -0.2) is 14.8 Å². The number of hydrogen-bond donors (Lipinski definition) is 3. The molecular formula is C49H55N11O5. The first kappa shape index (κ1) is 42.3. The number of pyridine rings is 1. The molecular weight excluding hydrogens is 823 g/mol. The lowest BCUT2D eigenvalue weighted by atomic mass is 9.74. The van der Waals surface area contributed by atoms with Gasteiger partial charge in [0.15, 0.2) is 5.82 Å². The van der Waals surface area contributed by atoms with E-state index in [9.17, 15) is 14.4 Å². The van der Waals surface area contributed by atoms with Crippen molar-refractivity contribution >= 4 is 40.3 Å². The van der Waals surface area contributed by atoms with Crippen LogP contribution in [0.2, 0.25) is 0 Å². The monoisotopic (exact) mass is 877 g/mol. The Morgan fingerprint density at radius 1 is 0.954 bits per heavy atom. The number of H-pyrrole nitrogens is 1. The average Bonchev–Trinajstić information content (AvgIpc) is 4.06. The molecule has 2 aromatic carbocycles. The highest BCUT2D eigenvalue weighted by Crippen LogP contribution is 2.46. The highest BCUT2D eigenvalue weighted by Gasteiger charge is 2.44. The number of hydrogen-bond acceptors (Lipinski definition) is 12. The van der Waals surface area contributed by atoms with Crippen molar-refractivity contribution in [2.75, 3.05) is 55.7 Å². The Labute approximate surface area is 377 Å². The van der Waals surface area contributed by atoms with Crippen LogP contribution in [-0.4, -0.2) is 98.7 Å². The van der Waals surface area contributed by atoms with Crippen molar-refractivity contribution in [1.82, 2.24) is 45.6 Å². The Balaban J connectivity index is 0.748. The van der Waals surface area contributed by atoms with Gasteiger partial charge in [0.1, 0.15) is 17.7 Å². The lowest BCUT2D eigenvalue weighted by molar-refractivity contribution is -0.120. The lowest BCUT2D eigenvalue weighted by Gasteiger charge is -2.41. The summed E-state index contributed by atoms with van der Waals surface area (Å²) < 4.78 is 11.7. The third kappa shape index (κ3) is 8.31. The smallest absolute Gasteiger partial charge is 0.328 e. The van der Waals surface area contributed by atoms with Crippen LogP contribution in [0.15, 0.2) is 71.6 Å². The molecule has 0 saturated carbocycles. The molecule has 16 nitrogen and oxygen atoms in total. The molecule has 6 aromatic rings. The normalized spacial score (nSPS) is 18.5. The fourth-order valence-electron chi connectivity index (χ4n) is 9.94. The zero-order valence-corrected chi connectivity index (χ0v) is 37.6. The van der Waals surface area contributed by atoms with Crippen LogP contribution in [0, 0.1) is 12.8 Å². The molecule has 0 aliphatic carbocycles. The molecule has 0 unspecified atom stereocenters. The number of aromatic amines is 1. The van der Waals surface area contributed by atoms with E-state index < -0.39 is 5.91 Å². The molecule has 1 spiro atoms. The molecule has 0 radical (unpaired) electrons. The molecule has 3 saturated heterocycles. The van der Waals surface area contributed by atoms with Crippen LogP contribution < -0.4 is 25.2 Å². The fraction of sp³-hybridized carbons (Fsp3) is 0.429. The van der Waals surface area contributed by atoms with Crippen molar-refractivity contribution in [3.63, 3.8) is 0 Å². The van der Waals surface area contributed by atoms with Crippen LogP contribution >= 0.6 is 0 Å². The molecule has 4 amide bonds. The minimum absolute atomic E-state index is 0.0244. The summed E-state index contributed by atoms with van der Waals surface area (Å²) in [5, 5.41) is 10.3. The predicted molar refractivity (Wildman–Crippen MR) is 246 cm³/mol. The van der Waals surface area contributed by atoms with E-state index in [0.29, 0.717) is 31.3 Å². The summed E-state index contributed by atoms with van der Waals surface area (Å²) in [4.78, 5) is 65.6. The number of ether oxygens (including phenoxy) is 1. The highest BCUT2D eigenvalue weighted by atomic mass is 16.5. The second kappa shape index (κ2) is 16.7. The van der Waals surface area contributed by atoms with Crippen molar-refractivity contribution in [3.8, 4) is 28.4 Å². The third-order valence-corrected chi connectivity index (χ3v) is 13.8. The van der Waals surface area contributed by atoms with E-state index in [1.54, 1.807) is 11.2 Å². The number of carbonyl (C=O) groups is 3. The second-order valence-electron chi connectivity index (χ2n) is 19.2. The van der Waals surface area contributed by atoms with Crippen molar-refractivity contribution in [2.24, 2.45) is 5.92 Å². The van der Waals surface area contributed by atoms with Gasteiger partial charge in [0.25, 0.3) is 0 Å². The summed E-state index contributed by atoms with van der Waals surface area (Å²) >= 11 is 0. The summed E-state index contributed by atoms with van der Waals surface area (Å²) in [7, 11) is 0. The van der Waals surface area contributed by atoms with Crippen LogP contribution in [0.1, 0.15) is 99.0 Å². The molecule has 65 heavy (non-hydrogen) atoms. The lowest BCUT2D eigenvalue weighted by Crippen LogP contribution is -2.49. The zero-order chi connectivity index (χ0) is 45.0. The first-order chi connectivity index (χ1) is 31.3. The Morgan fingerprint density at radius 2 is 1.72 bits per heavy atom. The maximum atomic E-state index is 13.0. The number of rotatable bonds is 9. The molecule has 3 N–H and O–H groups in total. The molecule has 4 aliphatic heterocycles. The molecule has 3 fully saturated rings. The first-order valence-corrected chi connectivity index (χ1v) is 22.7. The fourth-order valence-corrected chi connectivity index (χ4v) is 9.94. The number of carbonyl (C=O) groups excluding carboxylic acids is 3. The number of anilines is 2. The van der Waals surface area contributed by atoms with Gasteiger partial charge in [-0.15, -0.1) is 0 Å². The quantitative estimate of drug-likeness (QED) is 0.132. The number of benzene rings is 2. The Morgan fingerprint density at radius 3 is 2.45 bits per heavy atom. The van der Waals surface area contributed by atoms with Crippen molar-refractivity contribution in [1.29, 1.82) is 0 Å². The van der Waals surface area contributed by atoms with E-state index in [4.69, 9.17) is 19.2 Å². The van der Waals surface area contributed by atoms with E-state index >= 15 is 0 Å². The van der Waals surface area contributed by atoms with Crippen LogP contribution in [0.5, 0.6) is 5.75 Å². The molecule has 16 heteroatoms.